The summed E-state index contributed by atoms with van der Waals surface area (Å²) in [7, 11) is 0. The summed E-state index contributed by atoms with van der Waals surface area (Å²) in [6.07, 6.45) is -6.08. The zero-order chi connectivity index (χ0) is 12.9. The molecule has 0 amide bonds. The van der Waals surface area contributed by atoms with Crippen molar-refractivity contribution in [1.29, 1.82) is 0 Å². The molecule has 0 bridgehead atoms. The molecule has 9 heteroatoms. The lowest BCUT2D eigenvalue weighted by molar-refractivity contribution is -0.140. The first-order valence-corrected chi connectivity index (χ1v) is 5.06. The lowest BCUT2D eigenvalue weighted by Gasteiger charge is -2.21. The predicted molar refractivity (Wildman–Crippen MR) is 48.6 cm³/mol. The van der Waals surface area contributed by atoms with Crippen molar-refractivity contribution in [2.45, 2.75) is 23.8 Å². The first kappa shape index (κ1) is 15.7. The Morgan fingerprint density at radius 2 is 1.75 bits per heavy atom. The maximum Gasteiger partial charge on any atom is 0.441 e. The Labute approximate surface area is 92.9 Å². The Morgan fingerprint density at radius 3 is 2.12 bits per heavy atom. The molecule has 0 saturated carbocycles. The lowest BCUT2D eigenvalue weighted by atomic mass is 10.1. The monoisotopic (exact) mass is 264 g/mol. The molecule has 4 N–H and O–H groups in total. The second kappa shape index (κ2) is 6.40. The van der Waals surface area contributed by atoms with Crippen LogP contribution in [0.25, 0.3) is 0 Å². The minimum Gasteiger partial charge on any atom is -0.389 e. The van der Waals surface area contributed by atoms with Gasteiger partial charge in [0.15, 0.2) is 5.78 Å². The van der Waals surface area contributed by atoms with Crippen LogP contribution in [0.5, 0.6) is 0 Å². The SMILES string of the molecule is O=C(CO)C(O)C(O)C(O)CSC(F)(F)F. The first-order chi connectivity index (χ1) is 7.19. The van der Waals surface area contributed by atoms with Crippen molar-refractivity contribution in [2.24, 2.45) is 0 Å². The van der Waals surface area contributed by atoms with Crippen LogP contribution in [0.1, 0.15) is 0 Å². The third kappa shape index (κ3) is 5.66. The number of hydrogen-bond donors (Lipinski definition) is 4. The minimum atomic E-state index is -4.58. The van der Waals surface area contributed by atoms with E-state index in [2.05, 4.69) is 0 Å². The topological polar surface area (TPSA) is 98.0 Å². The van der Waals surface area contributed by atoms with Gasteiger partial charge in [-0.3, -0.25) is 4.79 Å². The number of carbonyl (C=O) groups excluding carboxylic acids is 1. The van der Waals surface area contributed by atoms with E-state index in [9.17, 15) is 18.0 Å². The summed E-state index contributed by atoms with van der Waals surface area (Å²) in [6, 6.07) is 0. The Hall–Kier alpha value is -0.350. The van der Waals surface area contributed by atoms with Gasteiger partial charge in [-0.15, -0.1) is 0 Å². The van der Waals surface area contributed by atoms with Gasteiger partial charge in [0.25, 0.3) is 0 Å². The molecule has 3 atom stereocenters. The average molecular weight is 264 g/mol. The quantitative estimate of drug-likeness (QED) is 0.485. The largest absolute Gasteiger partial charge is 0.441 e. The van der Waals surface area contributed by atoms with Gasteiger partial charge in [0.2, 0.25) is 0 Å². The zero-order valence-electron chi connectivity index (χ0n) is 7.89. The van der Waals surface area contributed by atoms with Crippen LogP contribution in [0.15, 0.2) is 0 Å². The molecule has 0 aliphatic heterocycles. The van der Waals surface area contributed by atoms with Crippen LogP contribution in [-0.2, 0) is 4.79 Å². The smallest absolute Gasteiger partial charge is 0.389 e. The number of rotatable bonds is 6. The lowest BCUT2D eigenvalue weighted by Crippen LogP contribution is -2.44. The van der Waals surface area contributed by atoms with Gasteiger partial charge in [-0.1, -0.05) is 0 Å². The van der Waals surface area contributed by atoms with E-state index in [4.69, 9.17) is 20.4 Å². The van der Waals surface area contributed by atoms with Crippen molar-refractivity contribution >= 4 is 17.5 Å². The number of thioether (sulfide) groups is 1. The van der Waals surface area contributed by atoms with Crippen LogP contribution < -0.4 is 0 Å². The van der Waals surface area contributed by atoms with Crippen LogP contribution in [-0.4, -0.2) is 62.4 Å². The van der Waals surface area contributed by atoms with Crippen LogP contribution in [0.2, 0.25) is 0 Å². The highest BCUT2D eigenvalue weighted by Crippen LogP contribution is 2.31. The highest BCUT2D eigenvalue weighted by Gasteiger charge is 2.34. The van der Waals surface area contributed by atoms with Crippen molar-refractivity contribution < 1.29 is 38.4 Å². The number of alkyl halides is 3. The van der Waals surface area contributed by atoms with Gasteiger partial charge < -0.3 is 20.4 Å². The van der Waals surface area contributed by atoms with E-state index in [0.29, 0.717) is 0 Å². The maximum atomic E-state index is 11.7. The van der Waals surface area contributed by atoms with Crippen molar-refractivity contribution in [2.75, 3.05) is 12.4 Å². The minimum absolute atomic E-state index is 0.588. The molecule has 96 valence electrons. The summed E-state index contributed by atoms with van der Waals surface area (Å²) in [4.78, 5) is 10.7. The van der Waals surface area contributed by atoms with E-state index in [1.807, 2.05) is 0 Å². The van der Waals surface area contributed by atoms with E-state index in [-0.39, 0.29) is 0 Å². The molecule has 0 spiro atoms. The van der Waals surface area contributed by atoms with Crippen molar-refractivity contribution in [1.82, 2.24) is 0 Å². The molecule has 3 unspecified atom stereocenters. The first-order valence-electron chi connectivity index (χ1n) is 4.07. The summed E-state index contributed by atoms with van der Waals surface area (Å²) in [6.45, 7) is -1.07. The molecular formula is C7H11F3O5S. The Balaban J connectivity index is 4.17. The standard InChI is InChI=1S/C7H11F3O5S/c8-7(9,10)16-2-4(13)6(15)5(14)3(12)1-11/h4-6,11,13-15H,1-2H2. The third-order valence-corrected chi connectivity index (χ3v) is 2.46. The van der Waals surface area contributed by atoms with Gasteiger partial charge in [0, 0.05) is 5.75 Å². The normalized spacial score (nSPS) is 17.9. The molecule has 0 heterocycles. The second-order valence-electron chi connectivity index (χ2n) is 2.88. The average Bonchev–Trinajstić information content (AvgIpc) is 2.21. The molecule has 0 aliphatic rings. The fraction of sp³-hybridized carbons (Fsp3) is 0.857. The zero-order valence-corrected chi connectivity index (χ0v) is 8.70. The number of carbonyl (C=O) groups is 1. The number of aliphatic hydroxyl groups excluding tert-OH is 4. The molecule has 0 rings (SSSR count). The van der Waals surface area contributed by atoms with E-state index in [1.54, 1.807) is 0 Å². The third-order valence-electron chi connectivity index (χ3n) is 1.62. The fourth-order valence-electron chi connectivity index (χ4n) is 0.773. The Bertz CT molecular complexity index is 235. The van der Waals surface area contributed by atoms with Crippen molar-refractivity contribution in [3.63, 3.8) is 0 Å². The van der Waals surface area contributed by atoms with Gasteiger partial charge in [-0.05, 0) is 11.8 Å². The highest BCUT2D eigenvalue weighted by molar-refractivity contribution is 8.00. The summed E-state index contributed by atoms with van der Waals surface area (Å²) in [5.41, 5.74) is -4.58. The molecule has 5 nitrogen and oxygen atoms in total. The van der Waals surface area contributed by atoms with Crippen LogP contribution in [0, 0.1) is 0 Å². The van der Waals surface area contributed by atoms with E-state index in [1.165, 1.54) is 0 Å². The van der Waals surface area contributed by atoms with Gasteiger partial charge in [0.1, 0.15) is 18.8 Å². The van der Waals surface area contributed by atoms with Crippen LogP contribution in [0.4, 0.5) is 13.2 Å². The maximum absolute atomic E-state index is 11.7. The molecule has 0 aromatic rings. The summed E-state index contributed by atoms with van der Waals surface area (Å²) < 4.78 is 35.1. The summed E-state index contributed by atoms with van der Waals surface area (Å²) in [5.74, 6) is -2.09. The van der Waals surface area contributed by atoms with Crippen LogP contribution >= 0.6 is 11.8 Å². The van der Waals surface area contributed by atoms with Gasteiger partial charge in [-0.2, -0.15) is 13.2 Å². The fourth-order valence-corrected chi connectivity index (χ4v) is 1.33. The van der Waals surface area contributed by atoms with E-state index >= 15 is 0 Å². The number of Topliss-reactive ketones (excluding diaryl/α,β-unsaturated/α-hetero) is 1. The molecule has 0 fully saturated rings. The summed E-state index contributed by atoms with van der Waals surface area (Å²) >= 11 is -0.588. The molecule has 0 aromatic carbocycles. The van der Waals surface area contributed by atoms with Gasteiger partial charge in [0.05, 0.1) is 6.10 Å². The van der Waals surface area contributed by atoms with Gasteiger partial charge >= 0.3 is 5.51 Å². The van der Waals surface area contributed by atoms with Crippen LogP contribution in [0.3, 0.4) is 0 Å². The second-order valence-corrected chi connectivity index (χ2v) is 3.97. The molecule has 16 heavy (non-hydrogen) atoms. The Morgan fingerprint density at radius 1 is 1.25 bits per heavy atom. The molecular weight excluding hydrogens is 253 g/mol. The summed E-state index contributed by atoms with van der Waals surface area (Å²) in [5, 5.41) is 35.4. The molecule has 0 aliphatic carbocycles. The Kier molecular flexibility index (Phi) is 6.26. The molecule has 0 saturated heterocycles. The molecule has 0 radical (unpaired) electrons. The van der Waals surface area contributed by atoms with Gasteiger partial charge in [-0.25, -0.2) is 0 Å². The predicted octanol–water partition coefficient (Wildman–Crippen LogP) is -1.12. The van der Waals surface area contributed by atoms with Crippen molar-refractivity contribution in [3.05, 3.63) is 0 Å². The number of halogens is 3. The number of ketones is 1. The van der Waals surface area contributed by atoms with E-state index in [0.717, 1.165) is 0 Å². The highest BCUT2D eigenvalue weighted by atomic mass is 32.2. The number of aliphatic hydroxyl groups is 4. The van der Waals surface area contributed by atoms with Crippen molar-refractivity contribution in [3.8, 4) is 0 Å². The number of hydrogen-bond acceptors (Lipinski definition) is 6. The molecule has 0 aromatic heterocycles. The van der Waals surface area contributed by atoms with E-state index < -0.39 is 53.7 Å².